The van der Waals surface area contributed by atoms with Crippen molar-refractivity contribution < 1.29 is 0 Å². The third-order valence-corrected chi connectivity index (χ3v) is 4.96. The van der Waals surface area contributed by atoms with Gasteiger partial charge in [-0.05, 0) is 56.3 Å². The topological polar surface area (TPSA) is 15.3 Å². The predicted molar refractivity (Wildman–Crippen MR) is 85.0 cm³/mol. The maximum Gasteiger partial charge on any atom is 0.0354 e. The van der Waals surface area contributed by atoms with E-state index in [2.05, 4.69) is 41.4 Å². The van der Waals surface area contributed by atoms with Crippen LogP contribution in [0.3, 0.4) is 0 Å². The number of unbranched alkanes of at least 4 members (excludes halogenated alkanes) is 1. The van der Waals surface area contributed by atoms with Crippen LogP contribution >= 0.6 is 0 Å². The van der Waals surface area contributed by atoms with Crippen LogP contribution in [0.4, 0.5) is 0 Å². The smallest absolute Gasteiger partial charge is 0.0354 e. The maximum absolute atomic E-state index is 3.67. The lowest BCUT2D eigenvalue weighted by atomic mass is 10.1. The summed E-state index contributed by atoms with van der Waals surface area (Å²) in [5, 5.41) is 3.67. The van der Waals surface area contributed by atoms with Gasteiger partial charge >= 0.3 is 0 Å². The Balaban J connectivity index is 1.71. The summed E-state index contributed by atoms with van der Waals surface area (Å²) in [6, 6.07) is 10.5. The molecule has 0 bridgehead atoms. The van der Waals surface area contributed by atoms with Crippen molar-refractivity contribution in [3.63, 3.8) is 0 Å². The summed E-state index contributed by atoms with van der Waals surface area (Å²) in [7, 11) is 0. The minimum Gasteiger partial charge on any atom is -0.313 e. The van der Waals surface area contributed by atoms with E-state index >= 15 is 0 Å². The minimum atomic E-state index is 0.667. The third-order valence-electron chi connectivity index (χ3n) is 4.96. The highest BCUT2D eigenvalue weighted by Crippen LogP contribution is 2.36. The summed E-state index contributed by atoms with van der Waals surface area (Å²) in [4.78, 5) is 2.76. The second kappa shape index (κ2) is 6.73. The van der Waals surface area contributed by atoms with E-state index in [0.717, 1.165) is 6.04 Å². The lowest BCUT2D eigenvalue weighted by Gasteiger charge is -2.32. The first kappa shape index (κ1) is 14.1. The van der Waals surface area contributed by atoms with E-state index in [1.165, 1.54) is 58.2 Å². The zero-order valence-corrected chi connectivity index (χ0v) is 12.8. The zero-order valence-electron chi connectivity index (χ0n) is 12.8. The number of fused-ring (bicyclic) bond motifs is 1. The molecule has 1 aromatic carbocycles. The van der Waals surface area contributed by atoms with Crippen LogP contribution in [-0.2, 0) is 6.42 Å². The minimum absolute atomic E-state index is 0.667. The molecule has 20 heavy (non-hydrogen) atoms. The van der Waals surface area contributed by atoms with Crippen LogP contribution in [0, 0.1) is 0 Å². The molecule has 2 nitrogen and oxygen atoms in total. The molecular formula is C18H28N2. The second-order valence-corrected chi connectivity index (χ2v) is 6.40. The van der Waals surface area contributed by atoms with Crippen molar-refractivity contribution in [1.82, 2.24) is 10.2 Å². The molecule has 1 saturated heterocycles. The van der Waals surface area contributed by atoms with Gasteiger partial charge in [-0.3, -0.25) is 4.90 Å². The molecule has 110 valence electrons. The first-order valence-corrected chi connectivity index (χ1v) is 8.43. The molecule has 0 spiro atoms. The number of hydrogen-bond donors (Lipinski definition) is 1. The molecule has 2 heteroatoms. The Morgan fingerprint density at radius 3 is 2.95 bits per heavy atom. The van der Waals surface area contributed by atoms with Gasteiger partial charge in [0.2, 0.25) is 0 Å². The maximum atomic E-state index is 3.67. The van der Waals surface area contributed by atoms with Crippen LogP contribution in [0.1, 0.15) is 56.2 Å². The van der Waals surface area contributed by atoms with Gasteiger partial charge < -0.3 is 5.32 Å². The number of benzene rings is 1. The van der Waals surface area contributed by atoms with Crippen molar-refractivity contribution in [2.75, 3.05) is 19.6 Å². The van der Waals surface area contributed by atoms with Gasteiger partial charge in [-0.2, -0.15) is 0 Å². The molecule has 1 aromatic rings. The van der Waals surface area contributed by atoms with Crippen molar-refractivity contribution >= 4 is 0 Å². The molecule has 2 unspecified atom stereocenters. The molecule has 1 N–H and O–H groups in total. The summed E-state index contributed by atoms with van der Waals surface area (Å²) in [6.45, 7) is 6.01. The van der Waals surface area contributed by atoms with E-state index in [4.69, 9.17) is 0 Å². The van der Waals surface area contributed by atoms with E-state index in [1.54, 1.807) is 11.1 Å². The molecule has 0 radical (unpaired) electrons. The Bertz CT molecular complexity index is 423. The Morgan fingerprint density at radius 2 is 2.15 bits per heavy atom. The molecule has 0 aromatic heterocycles. The van der Waals surface area contributed by atoms with Gasteiger partial charge in [-0.15, -0.1) is 0 Å². The molecule has 0 amide bonds. The number of hydrogen-bond acceptors (Lipinski definition) is 2. The molecule has 2 aliphatic rings. The Kier molecular flexibility index (Phi) is 4.74. The fourth-order valence-corrected chi connectivity index (χ4v) is 3.85. The molecule has 3 rings (SSSR count). The summed E-state index contributed by atoms with van der Waals surface area (Å²) in [5.74, 6) is 0. The van der Waals surface area contributed by atoms with E-state index in [9.17, 15) is 0 Å². The number of rotatable bonds is 6. The Hall–Kier alpha value is -0.860. The Labute approximate surface area is 123 Å². The molecule has 0 saturated carbocycles. The summed E-state index contributed by atoms with van der Waals surface area (Å²) >= 11 is 0. The first-order valence-electron chi connectivity index (χ1n) is 8.43. The molecule has 1 heterocycles. The monoisotopic (exact) mass is 272 g/mol. The molecule has 1 aliphatic heterocycles. The quantitative estimate of drug-likeness (QED) is 0.852. The predicted octanol–water partition coefficient (Wildman–Crippen LogP) is 3.53. The number of nitrogens with one attached hydrogen (secondary N) is 1. The average molecular weight is 272 g/mol. The van der Waals surface area contributed by atoms with E-state index in [1.807, 2.05) is 0 Å². The van der Waals surface area contributed by atoms with Gasteiger partial charge in [0.15, 0.2) is 0 Å². The van der Waals surface area contributed by atoms with Crippen LogP contribution in [0.5, 0.6) is 0 Å². The van der Waals surface area contributed by atoms with Gasteiger partial charge in [0.1, 0.15) is 0 Å². The van der Waals surface area contributed by atoms with Gasteiger partial charge in [0.05, 0.1) is 0 Å². The van der Waals surface area contributed by atoms with Gasteiger partial charge in [-0.25, -0.2) is 0 Å². The fourth-order valence-electron chi connectivity index (χ4n) is 3.85. The van der Waals surface area contributed by atoms with Gasteiger partial charge in [0.25, 0.3) is 0 Å². The van der Waals surface area contributed by atoms with Crippen LogP contribution in [-0.4, -0.2) is 30.6 Å². The largest absolute Gasteiger partial charge is 0.313 e. The zero-order chi connectivity index (χ0) is 13.8. The van der Waals surface area contributed by atoms with Crippen LogP contribution < -0.4 is 5.32 Å². The van der Waals surface area contributed by atoms with Crippen molar-refractivity contribution in [2.24, 2.45) is 0 Å². The molecular weight excluding hydrogens is 244 g/mol. The third kappa shape index (κ3) is 3.07. The highest BCUT2D eigenvalue weighted by atomic mass is 15.2. The SMILES string of the molecule is CCCCN(CC1CCCN1)C1CCc2ccccc21. The second-order valence-electron chi connectivity index (χ2n) is 6.40. The van der Waals surface area contributed by atoms with E-state index in [-0.39, 0.29) is 0 Å². The average Bonchev–Trinajstić information content (AvgIpc) is 3.12. The van der Waals surface area contributed by atoms with Gasteiger partial charge in [0, 0.05) is 18.6 Å². The van der Waals surface area contributed by atoms with Crippen molar-refractivity contribution in [2.45, 2.75) is 57.5 Å². The van der Waals surface area contributed by atoms with Crippen LogP contribution in [0.25, 0.3) is 0 Å². The molecule has 1 fully saturated rings. The fraction of sp³-hybridized carbons (Fsp3) is 0.667. The standard InChI is InChI=1S/C18H28N2/c1-2-3-13-20(14-16-8-6-12-19-16)18-11-10-15-7-4-5-9-17(15)18/h4-5,7,9,16,18-19H,2-3,6,8,10-14H2,1H3. The van der Waals surface area contributed by atoms with Crippen LogP contribution in [0.15, 0.2) is 24.3 Å². The molecule has 1 aliphatic carbocycles. The molecule has 2 atom stereocenters. The Morgan fingerprint density at radius 1 is 1.25 bits per heavy atom. The lowest BCUT2D eigenvalue weighted by Crippen LogP contribution is -2.39. The summed E-state index contributed by atoms with van der Waals surface area (Å²) in [6.07, 6.45) is 7.91. The van der Waals surface area contributed by atoms with E-state index < -0.39 is 0 Å². The summed E-state index contributed by atoms with van der Waals surface area (Å²) < 4.78 is 0. The highest BCUT2D eigenvalue weighted by molar-refractivity contribution is 5.34. The van der Waals surface area contributed by atoms with E-state index in [0.29, 0.717) is 6.04 Å². The summed E-state index contributed by atoms with van der Waals surface area (Å²) in [5.41, 5.74) is 3.18. The number of aryl methyl sites for hydroxylation is 1. The van der Waals surface area contributed by atoms with Crippen molar-refractivity contribution in [3.8, 4) is 0 Å². The van der Waals surface area contributed by atoms with Gasteiger partial charge in [-0.1, -0.05) is 37.6 Å². The first-order chi connectivity index (χ1) is 9.88. The van der Waals surface area contributed by atoms with Crippen LogP contribution in [0.2, 0.25) is 0 Å². The van der Waals surface area contributed by atoms with Crippen molar-refractivity contribution in [3.05, 3.63) is 35.4 Å². The lowest BCUT2D eigenvalue weighted by molar-refractivity contribution is 0.177. The number of nitrogens with zero attached hydrogens (tertiary/aromatic N) is 1. The highest BCUT2D eigenvalue weighted by Gasteiger charge is 2.29. The normalized spacial score (nSPS) is 25.3. The van der Waals surface area contributed by atoms with Crippen molar-refractivity contribution in [1.29, 1.82) is 0 Å².